The molecule has 6 nitrogen and oxygen atoms in total. The van der Waals surface area contributed by atoms with Gasteiger partial charge in [0.2, 0.25) is 5.91 Å². The summed E-state index contributed by atoms with van der Waals surface area (Å²) in [5.41, 5.74) is 0.648. The molecule has 40 heavy (non-hydrogen) atoms. The van der Waals surface area contributed by atoms with Crippen molar-refractivity contribution in [3.05, 3.63) is 101 Å². The fraction of sp³-hybridized carbons (Fsp3) is 0.312. The minimum Gasteiger partial charge on any atom is -0.356 e. The Morgan fingerprint density at radius 2 is 1.73 bits per heavy atom. The van der Waals surface area contributed by atoms with Crippen molar-refractivity contribution in [2.24, 2.45) is 0 Å². The minimum absolute atomic E-state index is 0.148. The first kappa shape index (κ1) is 27.3. The molecule has 1 saturated carbocycles. The first-order valence-corrected chi connectivity index (χ1v) is 13.5. The number of allylic oxidation sites excluding steroid dienone is 5. The number of nitrogens with one attached hydrogen (secondary N) is 1. The van der Waals surface area contributed by atoms with Gasteiger partial charge in [0.1, 0.15) is 5.94 Å². The molecule has 2 amide bonds. The molecule has 0 radical (unpaired) electrons. The van der Waals surface area contributed by atoms with Crippen molar-refractivity contribution >= 4 is 29.0 Å². The Bertz CT molecular complexity index is 1450. The van der Waals surface area contributed by atoms with E-state index in [1.54, 1.807) is 41.4 Å². The van der Waals surface area contributed by atoms with Gasteiger partial charge in [0.05, 0.1) is 22.4 Å². The smallest absolute Gasteiger partial charge is 0.275 e. The third-order valence-electron chi connectivity index (χ3n) is 8.03. The normalized spacial score (nSPS) is 20.3. The summed E-state index contributed by atoms with van der Waals surface area (Å²) < 4.78 is 31.4. The van der Waals surface area contributed by atoms with Crippen LogP contribution in [0.3, 0.4) is 0 Å². The van der Waals surface area contributed by atoms with Crippen LogP contribution in [0.1, 0.15) is 49.7 Å². The molecule has 5 rings (SSSR count). The van der Waals surface area contributed by atoms with Gasteiger partial charge in [-0.3, -0.25) is 14.6 Å². The highest BCUT2D eigenvalue weighted by molar-refractivity contribution is 5.99. The first-order chi connectivity index (χ1) is 19.3. The van der Waals surface area contributed by atoms with E-state index in [0.29, 0.717) is 24.2 Å². The van der Waals surface area contributed by atoms with E-state index >= 15 is 8.78 Å². The number of benzene rings is 2. The number of amides is 2. The molecule has 1 aliphatic heterocycles. The van der Waals surface area contributed by atoms with Gasteiger partial charge >= 0.3 is 0 Å². The van der Waals surface area contributed by atoms with Crippen molar-refractivity contribution in [1.82, 2.24) is 10.3 Å². The second kappa shape index (κ2) is 11.1. The van der Waals surface area contributed by atoms with Gasteiger partial charge in [-0.2, -0.15) is 0 Å². The molecule has 1 N–H and O–H groups in total. The van der Waals surface area contributed by atoms with E-state index in [1.165, 1.54) is 18.1 Å². The molecule has 0 saturated heterocycles. The number of para-hydroxylation sites is 1. The van der Waals surface area contributed by atoms with Crippen molar-refractivity contribution in [3.8, 4) is 0 Å². The summed E-state index contributed by atoms with van der Waals surface area (Å²) in [5, 5.41) is 5.38. The van der Waals surface area contributed by atoms with Crippen molar-refractivity contribution in [3.63, 3.8) is 0 Å². The lowest BCUT2D eigenvalue weighted by molar-refractivity contribution is -0.136. The predicted molar refractivity (Wildman–Crippen MR) is 150 cm³/mol. The van der Waals surface area contributed by atoms with Gasteiger partial charge in [-0.05, 0) is 30.5 Å². The molecule has 2 aromatic rings. The van der Waals surface area contributed by atoms with Crippen molar-refractivity contribution in [2.75, 3.05) is 18.6 Å². The van der Waals surface area contributed by atoms with Gasteiger partial charge < -0.3 is 5.32 Å². The number of alkyl halides is 2. The number of hydrazine groups is 1. The zero-order valence-corrected chi connectivity index (χ0v) is 22.3. The van der Waals surface area contributed by atoms with E-state index in [2.05, 4.69) is 5.32 Å². The van der Waals surface area contributed by atoms with Gasteiger partial charge in [-0.15, -0.1) is 0 Å². The van der Waals surface area contributed by atoms with Crippen LogP contribution in [0.25, 0.3) is 5.57 Å². The fourth-order valence-corrected chi connectivity index (χ4v) is 5.98. The second-order valence-corrected chi connectivity index (χ2v) is 10.3. The van der Waals surface area contributed by atoms with Gasteiger partial charge in [0.25, 0.3) is 11.8 Å². The molecule has 0 aromatic heterocycles. The lowest BCUT2D eigenvalue weighted by Crippen LogP contribution is -2.54. The molecule has 206 valence electrons. The van der Waals surface area contributed by atoms with E-state index in [9.17, 15) is 14.4 Å². The summed E-state index contributed by atoms with van der Waals surface area (Å²) in [7, 11) is 1.38. The molecule has 1 heterocycles. The summed E-state index contributed by atoms with van der Waals surface area (Å²) in [5.74, 6) is -2.29. The summed E-state index contributed by atoms with van der Waals surface area (Å²) in [6.07, 6.45) is 8.67. The average Bonchev–Trinajstić information content (AvgIpc) is 3.46. The minimum atomic E-state index is -3.35. The maximum atomic E-state index is 15.7. The maximum Gasteiger partial charge on any atom is 0.275 e. The van der Waals surface area contributed by atoms with E-state index < -0.39 is 29.2 Å². The van der Waals surface area contributed by atoms with Crippen LogP contribution in [-0.2, 0) is 19.8 Å². The summed E-state index contributed by atoms with van der Waals surface area (Å²) in [4.78, 5) is 39.3. The molecular formula is C32H31F2N3O3. The number of hydrogen-bond acceptors (Lipinski definition) is 4. The topological polar surface area (TPSA) is 69.7 Å². The van der Waals surface area contributed by atoms with Crippen LogP contribution in [0, 0.1) is 0 Å². The Kier molecular flexibility index (Phi) is 7.55. The maximum absolute atomic E-state index is 15.7. The van der Waals surface area contributed by atoms with Crippen LogP contribution in [0.2, 0.25) is 0 Å². The highest BCUT2D eigenvalue weighted by atomic mass is 19.3. The summed E-state index contributed by atoms with van der Waals surface area (Å²) in [6.45, 7) is -0.223. The Balaban J connectivity index is 1.74. The van der Waals surface area contributed by atoms with Crippen LogP contribution in [0.5, 0.6) is 0 Å². The number of carbonyl (C=O) groups is 2. The van der Waals surface area contributed by atoms with Crippen molar-refractivity contribution in [1.29, 1.82) is 0 Å². The third-order valence-corrected chi connectivity index (χ3v) is 8.03. The Labute approximate surface area is 232 Å². The second-order valence-electron chi connectivity index (χ2n) is 10.3. The lowest BCUT2D eigenvalue weighted by Gasteiger charge is -2.43. The monoisotopic (exact) mass is 543 g/mol. The zero-order valence-electron chi connectivity index (χ0n) is 22.3. The van der Waals surface area contributed by atoms with Crippen molar-refractivity contribution in [2.45, 2.75) is 49.9 Å². The quantitative estimate of drug-likeness (QED) is 0.398. The highest BCUT2D eigenvalue weighted by Crippen LogP contribution is 2.48. The number of likely N-dealkylation sites (N-methyl/N-ethyl adjacent to an activating group) is 1. The Morgan fingerprint density at radius 1 is 1.02 bits per heavy atom. The standard InChI is InChI=1S/C32H31F2N3O3/c1-35-29(39)21-26-25-14-6-8-16-28(25)36(20-19-32(26,33)34)37(27-15-7-5-11-23(27)22-38)30(40)31(17-9-10-18-31)24-12-3-2-4-13-24/h2-8,12-16,21H,9-11,17-20H2,1H3,(H,35,39). The molecule has 0 spiro atoms. The molecule has 0 atom stereocenters. The van der Waals surface area contributed by atoms with E-state index in [0.717, 1.165) is 24.5 Å². The van der Waals surface area contributed by atoms with Gasteiger partial charge in [-0.1, -0.05) is 73.5 Å². The van der Waals surface area contributed by atoms with Crippen LogP contribution in [0.15, 0.2) is 90.2 Å². The molecule has 2 aromatic carbocycles. The van der Waals surface area contributed by atoms with Crippen molar-refractivity contribution < 1.29 is 23.2 Å². The average molecular weight is 544 g/mol. The predicted octanol–water partition coefficient (Wildman–Crippen LogP) is 5.52. The summed E-state index contributed by atoms with van der Waals surface area (Å²) >= 11 is 0. The third kappa shape index (κ3) is 4.80. The number of hydrogen-bond donors (Lipinski definition) is 1. The van der Waals surface area contributed by atoms with Gasteiger partial charge in [0, 0.05) is 43.6 Å². The SMILES string of the molecule is CNC(=O)C=C1c2ccccc2N(N(C(=O)C2(c3ccccc3)CCCC2)C2=CC=CCC2=C=O)CCC1(F)F. The number of rotatable bonds is 5. The van der Waals surface area contributed by atoms with Crippen LogP contribution in [0.4, 0.5) is 14.5 Å². The van der Waals surface area contributed by atoms with Gasteiger partial charge in [0.15, 0.2) is 0 Å². The number of carbonyl (C=O) groups excluding carboxylic acids is 3. The Morgan fingerprint density at radius 3 is 2.42 bits per heavy atom. The number of nitrogens with zero attached hydrogens (tertiary/aromatic N) is 2. The molecule has 1 fully saturated rings. The van der Waals surface area contributed by atoms with Crippen LogP contribution in [-0.4, -0.2) is 42.3 Å². The van der Waals surface area contributed by atoms with E-state index in [-0.39, 0.29) is 30.0 Å². The zero-order chi connectivity index (χ0) is 28.3. The lowest BCUT2D eigenvalue weighted by atomic mass is 9.77. The van der Waals surface area contributed by atoms with Gasteiger partial charge in [-0.25, -0.2) is 18.6 Å². The van der Waals surface area contributed by atoms with E-state index in [1.807, 2.05) is 36.3 Å². The van der Waals surface area contributed by atoms with E-state index in [4.69, 9.17) is 0 Å². The van der Waals surface area contributed by atoms with Crippen LogP contribution >= 0.6 is 0 Å². The number of anilines is 1. The molecule has 0 unspecified atom stereocenters. The molecule has 8 heteroatoms. The van der Waals surface area contributed by atoms with Crippen LogP contribution < -0.4 is 10.3 Å². The largest absolute Gasteiger partial charge is 0.356 e. The number of halogens is 2. The highest BCUT2D eigenvalue weighted by Gasteiger charge is 2.49. The molecular weight excluding hydrogens is 512 g/mol. The summed E-state index contributed by atoms with van der Waals surface area (Å²) in [6, 6.07) is 16.1. The molecule has 0 bridgehead atoms. The number of fused-ring (bicyclic) bond motifs is 1. The molecule has 3 aliphatic rings. The Hall–Kier alpha value is -4.29. The first-order valence-electron chi connectivity index (χ1n) is 13.5. The fourth-order valence-electron chi connectivity index (χ4n) is 5.98. The molecule has 2 aliphatic carbocycles.